The lowest BCUT2D eigenvalue weighted by molar-refractivity contribution is -0.0591. The normalized spacial score (nSPS) is 18.0. The minimum atomic E-state index is -1.21. The first-order chi connectivity index (χ1) is 31.5. The third-order valence-corrected chi connectivity index (χ3v) is 11.9. The van der Waals surface area contributed by atoms with Crippen molar-refractivity contribution < 1.29 is 46.1 Å². The molecule has 5 aromatic carbocycles. The van der Waals surface area contributed by atoms with Crippen molar-refractivity contribution in [3.63, 3.8) is 0 Å². The number of carboxylic acids is 1. The molecule has 3 fully saturated rings. The monoisotopic (exact) mass is 890 g/mol. The van der Waals surface area contributed by atoms with Crippen LogP contribution in [-0.4, -0.2) is 64.4 Å². The molecule has 3 aliphatic heterocycles. The lowest BCUT2D eigenvalue weighted by Gasteiger charge is -2.28. The van der Waals surface area contributed by atoms with E-state index in [1.54, 1.807) is 24.3 Å². The predicted octanol–water partition coefficient (Wildman–Crippen LogP) is 10.2. The summed E-state index contributed by atoms with van der Waals surface area (Å²) in [6.45, 7) is 18.4. The molecule has 9 rings (SSSR count). The highest BCUT2D eigenvalue weighted by Gasteiger charge is 2.29. The fraction of sp³-hybridized carbons (Fsp3) is 0.306. The Balaban J connectivity index is 0.000000211. The molecule has 16 heteroatoms. The van der Waals surface area contributed by atoms with Crippen LogP contribution in [0.15, 0.2) is 84.9 Å². The second-order valence-electron chi connectivity index (χ2n) is 16.2. The average molecular weight is 891 g/mol. The summed E-state index contributed by atoms with van der Waals surface area (Å²) >= 11 is 0. The molecule has 1 aromatic heterocycles. The number of halogens is 5. The SMILES string of the molecule is [C-]#[N+]c1ccc(OCc2cc([C@H]3CCN(Cc4nc5c(F)cc(C(=O)O)cc5n4C[C@@H]4CCO4)C3)ccc2F)c(F)c1.[C-]#[N+]c1ccc(OCc2cc([C@H]3CCNC3)ccc2F)c(F)c1. The number of likely N-dealkylation sites (tertiary alicyclic amines) is 1. The Morgan fingerprint density at radius 2 is 1.38 bits per heavy atom. The largest absolute Gasteiger partial charge is 0.486 e. The summed E-state index contributed by atoms with van der Waals surface area (Å²) < 4.78 is 89.8. The predicted molar refractivity (Wildman–Crippen MR) is 231 cm³/mol. The topological polar surface area (TPSA) is 107 Å². The lowest BCUT2D eigenvalue weighted by Crippen LogP contribution is -2.32. The fourth-order valence-corrected chi connectivity index (χ4v) is 8.28. The van der Waals surface area contributed by atoms with Crippen LogP contribution in [0.1, 0.15) is 69.5 Å². The van der Waals surface area contributed by atoms with E-state index in [4.69, 9.17) is 27.4 Å². The van der Waals surface area contributed by atoms with Gasteiger partial charge in [0.15, 0.2) is 40.3 Å². The summed E-state index contributed by atoms with van der Waals surface area (Å²) in [5, 5.41) is 12.7. The molecule has 0 unspecified atom stereocenters. The van der Waals surface area contributed by atoms with E-state index in [0.717, 1.165) is 68.2 Å². The molecule has 4 heterocycles. The van der Waals surface area contributed by atoms with E-state index >= 15 is 0 Å². The van der Waals surface area contributed by atoms with Crippen LogP contribution in [-0.2, 0) is 31.0 Å². The second-order valence-corrected chi connectivity index (χ2v) is 16.2. The Morgan fingerprint density at radius 1 is 0.769 bits per heavy atom. The number of carbonyl (C=O) groups is 1. The number of imidazole rings is 1. The fourth-order valence-electron chi connectivity index (χ4n) is 8.28. The first kappa shape index (κ1) is 44.7. The summed E-state index contributed by atoms with van der Waals surface area (Å²) in [5.74, 6) is -2.93. The van der Waals surface area contributed by atoms with Crippen LogP contribution in [0.3, 0.4) is 0 Å². The Morgan fingerprint density at radius 3 is 1.91 bits per heavy atom. The van der Waals surface area contributed by atoms with Crippen LogP contribution in [0.4, 0.5) is 33.3 Å². The smallest absolute Gasteiger partial charge is 0.335 e. The van der Waals surface area contributed by atoms with Gasteiger partial charge in [-0.05, 0) is 116 Å². The molecule has 6 aromatic rings. The molecule has 334 valence electrons. The summed E-state index contributed by atoms with van der Waals surface area (Å²) in [6, 6.07) is 20.2. The van der Waals surface area contributed by atoms with E-state index in [1.807, 2.05) is 4.57 Å². The zero-order valence-corrected chi connectivity index (χ0v) is 35.0. The van der Waals surface area contributed by atoms with Gasteiger partial charge in [0.1, 0.15) is 36.2 Å². The quantitative estimate of drug-likeness (QED) is 0.0872. The van der Waals surface area contributed by atoms with Crippen molar-refractivity contribution in [1.82, 2.24) is 19.8 Å². The molecule has 65 heavy (non-hydrogen) atoms. The Labute approximate surface area is 371 Å². The molecular formula is C49H43F5N6O5. The van der Waals surface area contributed by atoms with E-state index in [9.17, 15) is 31.9 Å². The van der Waals surface area contributed by atoms with E-state index in [0.29, 0.717) is 54.6 Å². The maximum atomic E-state index is 14.9. The summed E-state index contributed by atoms with van der Waals surface area (Å²) in [7, 11) is 0. The molecule has 0 saturated carbocycles. The summed E-state index contributed by atoms with van der Waals surface area (Å²) in [5.41, 5.74) is 3.48. The van der Waals surface area contributed by atoms with Crippen molar-refractivity contribution in [2.75, 3.05) is 32.8 Å². The van der Waals surface area contributed by atoms with Crippen molar-refractivity contribution in [2.24, 2.45) is 0 Å². The third-order valence-electron chi connectivity index (χ3n) is 11.9. The van der Waals surface area contributed by atoms with Crippen LogP contribution in [0.2, 0.25) is 0 Å². The van der Waals surface area contributed by atoms with Gasteiger partial charge in [-0.25, -0.2) is 41.4 Å². The number of nitrogens with one attached hydrogen (secondary N) is 1. The second kappa shape index (κ2) is 19.9. The molecule has 3 atom stereocenters. The molecule has 0 amide bonds. The van der Waals surface area contributed by atoms with Gasteiger partial charge in [-0.2, -0.15) is 0 Å². The average Bonchev–Trinajstić information content (AvgIpc) is 4.07. The standard InChI is InChI=1S/C31H27F3N4O4.C18H16F2N2O/c1-35-22-3-5-28(25(33)13-22)42-17-21-10-18(2-4-24(21)32)19-6-8-37(14-19)16-29-36-30-26(34)11-20(31(39)40)12-27(30)38(29)15-23-7-9-41-23;1-21-15-3-5-18(17(20)9-15)23-11-14-8-12(2-4-16(14)19)13-6-7-22-10-13/h2-5,10-13,19,23H,6-9,14-17H2,(H,39,40);2-5,8-9,13,22H,6-7,10-11H2/t19-,23-;13-/m00/s1. The van der Waals surface area contributed by atoms with Gasteiger partial charge in [-0.3, -0.25) is 4.90 Å². The zero-order chi connectivity index (χ0) is 45.6. The van der Waals surface area contributed by atoms with Crippen LogP contribution in [0.25, 0.3) is 20.7 Å². The summed E-state index contributed by atoms with van der Waals surface area (Å²) in [4.78, 5) is 24.7. The van der Waals surface area contributed by atoms with Crippen molar-refractivity contribution in [3.05, 3.63) is 170 Å². The van der Waals surface area contributed by atoms with E-state index in [2.05, 4.69) is 24.9 Å². The van der Waals surface area contributed by atoms with Gasteiger partial charge in [-0.15, -0.1) is 0 Å². The summed E-state index contributed by atoms with van der Waals surface area (Å²) in [6.07, 6.45) is 2.66. The number of rotatable bonds is 13. The van der Waals surface area contributed by atoms with Crippen molar-refractivity contribution in [2.45, 2.75) is 63.5 Å². The van der Waals surface area contributed by atoms with Gasteiger partial charge < -0.3 is 29.2 Å². The number of hydrogen-bond donors (Lipinski definition) is 2. The van der Waals surface area contributed by atoms with Gasteiger partial charge in [0.05, 0.1) is 43.4 Å². The van der Waals surface area contributed by atoms with Crippen LogP contribution < -0.4 is 14.8 Å². The van der Waals surface area contributed by atoms with Gasteiger partial charge in [0, 0.05) is 30.8 Å². The van der Waals surface area contributed by atoms with Crippen molar-refractivity contribution in [3.8, 4) is 11.5 Å². The number of carboxylic acid groups (broad SMARTS) is 1. The van der Waals surface area contributed by atoms with Gasteiger partial charge in [-0.1, -0.05) is 24.3 Å². The molecule has 3 aliphatic rings. The molecule has 0 bridgehead atoms. The molecule has 2 N–H and O–H groups in total. The minimum absolute atomic E-state index is 0.0183. The highest BCUT2D eigenvalue weighted by atomic mass is 19.1. The lowest BCUT2D eigenvalue weighted by atomic mass is 9.96. The highest BCUT2D eigenvalue weighted by Crippen LogP contribution is 2.33. The maximum Gasteiger partial charge on any atom is 0.335 e. The minimum Gasteiger partial charge on any atom is -0.486 e. The molecule has 11 nitrogen and oxygen atoms in total. The zero-order valence-electron chi connectivity index (χ0n) is 35.0. The maximum absolute atomic E-state index is 14.9. The van der Waals surface area contributed by atoms with Gasteiger partial charge in [0.25, 0.3) is 0 Å². The first-order valence-electron chi connectivity index (χ1n) is 21.1. The third kappa shape index (κ3) is 10.4. The van der Waals surface area contributed by atoms with Crippen molar-refractivity contribution >= 4 is 28.4 Å². The highest BCUT2D eigenvalue weighted by molar-refractivity contribution is 5.92. The molecule has 3 saturated heterocycles. The van der Waals surface area contributed by atoms with Gasteiger partial charge in [0.2, 0.25) is 0 Å². The first-order valence-corrected chi connectivity index (χ1v) is 21.1. The number of benzene rings is 5. The van der Waals surface area contributed by atoms with Crippen LogP contribution in [0, 0.1) is 42.2 Å². The van der Waals surface area contributed by atoms with E-state index in [1.165, 1.54) is 42.5 Å². The van der Waals surface area contributed by atoms with Crippen LogP contribution in [0.5, 0.6) is 11.5 Å². The molecule has 0 spiro atoms. The van der Waals surface area contributed by atoms with Gasteiger partial charge >= 0.3 is 5.97 Å². The molecular weight excluding hydrogens is 848 g/mol. The number of aromatic carboxylic acids is 1. The molecule has 0 radical (unpaired) electrons. The van der Waals surface area contributed by atoms with E-state index < -0.39 is 29.2 Å². The number of fused-ring (bicyclic) bond motifs is 1. The number of hydrogen-bond acceptors (Lipinski definition) is 7. The number of nitrogens with zero attached hydrogens (tertiary/aromatic N) is 5. The Hall–Kier alpha value is -6.85. The Bertz CT molecular complexity index is 2810. The number of aromatic nitrogens is 2. The van der Waals surface area contributed by atoms with E-state index in [-0.39, 0.29) is 65.0 Å². The van der Waals surface area contributed by atoms with Crippen molar-refractivity contribution in [1.29, 1.82) is 0 Å². The molecule has 0 aliphatic carbocycles. The van der Waals surface area contributed by atoms with Crippen LogP contribution >= 0.6 is 0 Å². The Kier molecular flexibility index (Phi) is 13.7. The number of ether oxygens (including phenoxy) is 3.